The molecule has 0 bridgehead atoms. The molecule has 0 spiro atoms. The maximum absolute atomic E-state index is 4.21. The van der Waals surface area contributed by atoms with Crippen molar-refractivity contribution in [3.8, 4) is 0 Å². The lowest BCUT2D eigenvalue weighted by molar-refractivity contribution is 0.305. The quantitative estimate of drug-likeness (QED) is 0.838. The van der Waals surface area contributed by atoms with Crippen molar-refractivity contribution < 1.29 is 0 Å². The smallest absolute Gasteiger partial charge is 0.0335 e. The molecule has 1 fully saturated rings. The summed E-state index contributed by atoms with van der Waals surface area (Å²) < 4.78 is 0. The van der Waals surface area contributed by atoms with Crippen LogP contribution in [0.5, 0.6) is 0 Å². The van der Waals surface area contributed by atoms with Crippen LogP contribution in [0, 0.1) is 5.92 Å². The Labute approximate surface area is 98.5 Å². The number of pyridine rings is 1. The second kappa shape index (κ2) is 6.00. The van der Waals surface area contributed by atoms with Gasteiger partial charge in [0, 0.05) is 18.4 Å². The molecule has 2 rings (SSSR count). The van der Waals surface area contributed by atoms with Gasteiger partial charge in [-0.25, -0.2) is 0 Å². The zero-order valence-electron chi connectivity index (χ0n) is 10.2. The molecule has 1 heterocycles. The highest BCUT2D eigenvalue weighted by molar-refractivity contribution is 5.13. The van der Waals surface area contributed by atoms with Gasteiger partial charge in [0.25, 0.3) is 0 Å². The number of aromatic nitrogens is 1. The third kappa shape index (κ3) is 3.05. The van der Waals surface area contributed by atoms with Gasteiger partial charge in [-0.1, -0.05) is 38.2 Å². The van der Waals surface area contributed by atoms with Gasteiger partial charge in [0.2, 0.25) is 0 Å². The van der Waals surface area contributed by atoms with Crippen LogP contribution < -0.4 is 5.32 Å². The van der Waals surface area contributed by atoms with Crippen molar-refractivity contribution in [2.24, 2.45) is 5.92 Å². The molecular formula is C14H22N2. The molecule has 1 aliphatic rings. The third-order valence-corrected chi connectivity index (χ3v) is 3.73. The summed E-state index contributed by atoms with van der Waals surface area (Å²) in [6.07, 6.45) is 12.2. The molecule has 1 N–H and O–H groups in total. The zero-order valence-corrected chi connectivity index (χ0v) is 10.2. The SMILES string of the molecule is CNC(CC1CCCCC1)c1cccnc1. The van der Waals surface area contributed by atoms with Gasteiger partial charge >= 0.3 is 0 Å². The largest absolute Gasteiger partial charge is 0.313 e. The van der Waals surface area contributed by atoms with Crippen molar-refractivity contribution >= 4 is 0 Å². The van der Waals surface area contributed by atoms with E-state index in [1.807, 2.05) is 18.5 Å². The van der Waals surface area contributed by atoms with Crippen LogP contribution in [0.1, 0.15) is 50.1 Å². The minimum atomic E-state index is 0.483. The van der Waals surface area contributed by atoms with Crippen LogP contribution in [0.2, 0.25) is 0 Å². The molecular weight excluding hydrogens is 196 g/mol. The summed E-state index contributed by atoms with van der Waals surface area (Å²) in [5, 5.41) is 3.43. The molecule has 88 valence electrons. The van der Waals surface area contributed by atoms with E-state index in [9.17, 15) is 0 Å². The minimum absolute atomic E-state index is 0.483. The highest BCUT2D eigenvalue weighted by Gasteiger charge is 2.18. The Balaban J connectivity index is 1.94. The van der Waals surface area contributed by atoms with Gasteiger partial charge in [-0.2, -0.15) is 0 Å². The Hall–Kier alpha value is -0.890. The van der Waals surface area contributed by atoms with E-state index in [1.54, 1.807) is 0 Å². The van der Waals surface area contributed by atoms with E-state index >= 15 is 0 Å². The Morgan fingerprint density at radius 3 is 2.81 bits per heavy atom. The average molecular weight is 218 g/mol. The van der Waals surface area contributed by atoms with Gasteiger partial charge in [0.15, 0.2) is 0 Å². The Bertz CT molecular complexity index is 291. The molecule has 1 atom stereocenters. The van der Waals surface area contributed by atoms with E-state index < -0.39 is 0 Å². The fourth-order valence-corrected chi connectivity index (χ4v) is 2.76. The summed E-state index contributed by atoms with van der Waals surface area (Å²) >= 11 is 0. The summed E-state index contributed by atoms with van der Waals surface area (Å²) in [5.41, 5.74) is 1.33. The summed E-state index contributed by atoms with van der Waals surface area (Å²) in [4.78, 5) is 4.21. The van der Waals surface area contributed by atoms with E-state index in [0.717, 1.165) is 5.92 Å². The number of rotatable bonds is 4. The molecule has 1 aromatic heterocycles. The molecule has 1 saturated carbocycles. The zero-order chi connectivity index (χ0) is 11.2. The number of nitrogens with zero attached hydrogens (tertiary/aromatic N) is 1. The van der Waals surface area contributed by atoms with Crippen molar-refractivity contribution in [1.29, 1.82) is 0 Å². The number of hydrogen-bond donors (Lipinski definition) is 1. The molecule has 1 aromatic rings. The van der Waals surface area contributed by atoms with E-state index in [1.165, 1.54) is 44.1 Å². The van der Waals surface area contributed by atoms with Crippen LogP contribution in [0.4, 0.5) is 0 Å². The van der Waals surface area contributed by atoms with Crippen molar-refractivity contribution in [3.05, 3.63) is 30.1 Å². The first-order valence-electron chi connectivity index (χ1n) is 6.47. The first-order valence-corrected chi connectivity index (χ1v) is 6.47. The average Bonchev–Trinajstić information content (AvgIpc) is 2.38. The van der Waals surface area contributed by atoms with Gasteiger partial charge in [-0.3, -0.25) is 4.98 Å². The molecule has 2 nitrogen and oxygen atoms in total. The Morgan fingerprint density at radius 2 is 2.19 bits per heavy atom. The highest BCUT2D eigenvalue weighted by atomic mass is 14.9. The molecule has 1 unspecified atom stereocenters. The summed E-state index contributed by atoms with van der Waals surface area (Å²) in [6, 6.07) is 4.69. The van der Waals surface area contributed by atoms with Gasteiger partial charge in [-0.05, 0) is 31.0 Å². The molecule has 0 saturated heterocycles. The standard InChI is InChI=1S/C14H22N2/c1-15-14(13-8-5-9-16-11-13)10-12-6-3-2-4-7-12/h5,8-9,11-12,14-15H,2-4,6-7,10H2,1H3. The monoisotopic (exact) mass is 218 g/mol. The lowest BCUT2D eigenvalue weighted by Gasteiger charge is -2.26. The van der Waals surface area contributed by atoms with Crippen molar-refractivity contribution in [1.82, 2.24) is 10.3 Å². The fourth-order valence-electron chi connectivity index (χ4n) is 2.76. The Morgan fingerprint density at radius 1 is 1.38 bits per heavy atom. The fraction of sp³-hybridized carbons (Fsp3) is 0.643. The maximum Gasteiger partial charge on any atom is 0.0335 e. The molecule has 0 amide bonds. The minimum Gasteiger partial charge on any atom is -0.313 e. The normalized spacial score (nSPS) is 19.6. The molecule has 1 aliphatic carbocycles. The van der Waals surface area contributed by atoms with Crippen LogP contribution in [-0.4, -0.2) is 12.0 Å². The van der Waals surface area contributed by atoms with Gasteiger partial charge in [0.05, 0.1) is 0 Å². The number of nitrogens with one attached hydrogen (secondary N) is 1. The van der Waals surface area contributed by atoms with Gasteiger partial charge in [-0.15, -0.1) is 0 Å². The first kappa shape index (κ1) is 11.6. The molecule has 0 aromatic carbocycles. The first-order chi connectivity index (χ1) is 7.90. The molecule has 0 aliphatic heterocycles. The van der Waals surface area contributed by atoms with E-state index in [-0.39, 0.29) is 0 Å². The number of hydrogen-bond acceptors (Lipinski definition) is 2. The van der Waals surface area contributed by atoms with E-state index in [0.29, 0.717) is 6.04 Å². The van der Waals surface area contributed by atoms with Crippen LogP contribution in [0.15, 0.2) is 24.5 Å². The summed E-state index contributed by atoms with van der Waals surface area (Å²) in [6.45, 7) is 0. The molecule has 2 heteroatoms. The maximum atomic E-state index is 4.21. The predicted molar refractivity (Wildman–Crippen MR) is 67.2 cm³/mol. The summed E-state index contributed by atoms with van der Waals surface area (Å²) in [7, 11) is 2.06. The van der Waals surface area contributed by atoms with Gasteiger partial charge in [0.1, 0.15) is 0 Å². The van der Waals surface area contributed by atoms with Crippen LogP contribution in [-0.2, 0) is 0 Å². The van der Waals surface area contributed by atoms with Crippen LogP contribution >= 0.6 is 0 Å². The van der Waals surface area contributed by atoms with Crippen molar-refractivity contribution in [2.75, 3.05) is 7.05 Å². The summed E-state index contributed by atoms with van der Waals surface area (Å²) in [5.74, 6) is 0.909. The highest BCUT2D eigenvalue weighted by Crippen LogP contribution is 2.31. The van der Waals surface area contributed by atoms with Crippen molar-refractivity contribution in [2.45, 2.75) is 44.6 Å². The second-order valence-corrected chi connectivity index (χ2v) is 4.87. The Kier molecular flexibility index (Phi) is 4.34. The van der Waals surface area contributed by atoms with E-state index in [4.69, 9.17) is 0 Å². The second-order valence-electron chi connectivity index (χ2n) is 4.87. The lowest BCUT2D eigenvalue weighted by atomic mass is 9.83. The lowest BCUT2D eigenvalue weighted by Crippen LogP contribution is -2.21. The van der Waals surface area contributed by atoms with Crippen molar-refractivity contribution in [3.63, 3.8) is 0 Å². The topological polar surface area (TPSA) is 24.9 Å². The third-order valence-electron chi connectivity index (χ3n) is 3.73. The van der Waals surface area contributed by atoms with Crippen LogP contribution in [0.3, 0.4) is 0 Å². The molecule has 16 heavy (non-hydrogen) atoms. The van der Waals surface area contributed by atoms with E-state index in [2.05, 4.69) is 23.4 Å². The molecule has 0 radical (unpaired) electrons. The van der Waals surface area contributed by atoms with Crippen LogP contribution in [0.25, 0.3) is 0 Å². The predicted octanol–water partition coefficient (Wildman–Crippen LogP) is 3.31. The van der Waals surface area contributed by atoms with Gasteiger partial charge < -0.3 is 5.32 Å².